The van der Waals surface area contributed by atoms with Gasteiger partial charge in [0.05, 0.1) is 18.7 Å². The summed E-state index contributed by atoms with van der Waals surface area (Å²) in [5.74, 6) is 0.904. The highest BCUT2D eigenvalue weighted by molar-refractivity contribution is 9.10. The van der Waals surface area contributed by atoms with Crippen LogP contribution in [-0.2, 0) is 6.54 Å². The van der Waals surface area contributed by atoms with Gasteiger partial charge in [-0.3, -0.25) is 0 Å². The Morgan fingerprint density at radius 3 is 2.75 bits per heavy atom. The SMILES string of the molecule is COc1ccc(O)c(CNc2ccc(C#N)cc2Br)c1. The smallest absolute Gasteiger partial charge is 0.120 e. The molecule has 0 aromatic heterocycles. The number of phenols is 1. The fraction of sp³-hybridized carbons (Fsp3) is 0.133. The minimum absolute atomic E-state index is 0.211. The Labute approximate surface area is 125 Å². The quantitative estimate of drug-likeness (QED) is 0.896. The number of nitriles is 1. The van der Waals surface area contributed by atoms with E-state index in [1.165, 1.54) is 0 Å². The van der Waals surface area contributed by atoms with Crippen LogP contribution >= 0.6 is 15.9 Å². The highest BCUT2D eigenvalue weighted by Gasteiger charge is 2.05. The van der Waals surface area contributed by atoms with E-state index in [-0.39, 0.29) is 5.75 Å². The summed E-state index contributed by atoms with van der Waals surface area (Å²) >= 11 is 3.41. The molecular formula is C15H13BrN2O2. The Morgan fingerprint density at radius 1 is 1.30 bits per heavy atom. The molecule has 0 amide bonds. The number of nitrogens with zero attached hydrogens (tertiary/aromatic N) is 1. The molecule has 0 saturated carbocycles. The lowest BCUT2D eigenvalue weighted by atomic mass is 10.1. The molecule has 0 aliphatic heterocycles. The topological polar surface area (TPSA) is 65.3 Å². The summed E-state index contributed by atoms with van der Waals surface area (Å²) in [6, 6.07) is 12.5. The van der Waals surface area contributed by atoms with E-state index in [1.807, 2.05) is 6.07 Å². The molecule has 20 heavy (non-hydrogen) atoms. The summed E-state index contributed by atoms with van der Waals surface area (Å²) in [6.07, 6.45) is 0. The van der Waals surface area contributed by atoms with Gasteiger partial charge in [-0.2, -0.15) is 5.26 Å². The van der Waals surface area contributed by atoms with Crippen LogP contribution in [0.1, 0.15) is 11.1 Å². The van der Waals surface area contributed by atoms with Crippen molar-refractivity contribution in [3.05, 3.63) is 52.0 Å². The lowest BCUT2D eigenvalue weighted by Gasteiger charge is -2.11. The van der Waals surface area contributed by atoms with Crippen LogP contribution in [0.3, 0.4) is 0 Å². The third kappa shape index (κ3) is 3.22. The number of ether oxygens (including phenoxy) is 1. The van der Waals surface area contributed by atoms with Crippen LogP contribution in [0.15, 0.2) is 40.9 Å². The predicted octanol–water partition coefficient (Wildman–Crippen LogP) is 3.65. The van der Waals surface area contributed by atoms with Crippen LogP contribution in [0.4, 0.5) is 5.69 Å². The van der Waals surface area contributed by atoms with Crippen molar-refractivity contribution in [2.75, 3.05) is 12.4 Å². The molecule has 0 bridgehead atoms. The van der Waals surface area contributed by atoms with Gasteiger partial charge in [-0.15, -0.1) is 0 Å². The molecule has 4 nitrogen and oxygen atoms in total. The summed E-state index contributed by atoms with van der Waals surface area (Å²) in [6.45, 7) is 0.452. The van der Waals surface area contributed by atoms with Crippen LogP contribution in [0.2, 0.25) is 0 Å². The van der Waals surface area contributed by atoms with Gasteiger partial charge in [-0.1, -0.05) is 0 Å². The Kier molecular flexibility index (Phi) is 4.49. The molecule has 0 fully saturated rings. The largest absolute Gasteiger partial charge is 0.508 e. The third-order valence-corrected chi connectivity index (χ3v) is 3.51. The standard InChI is InChI=1S/C15H13BrN2O2/c1-20-12-3-5-15(19)11(7-12)9-18-14-4-2-10(8-17)6-13(14)16/h2-7,18-19H,9H2,1H3. The first-order valence-electron chi connectivity index (χ1n) is 5.93. The Morgan fingerprint density at radius 2 is 2.10 bits per heavy atom. The first-order chi connectivity index (χ1) is 9.63. The minimum Gasteiger partial charge on any atom is -0.508 e. The highest BCUT2D eigenvalue weighted by Crippen LogP contribution is 2.27. The van der Waals surface area contributed by atoms with Crippen molar-refractivity contribution in [3.63, 3.8) is 0 Å². The number of halogens is 1. The molecule has 0 spiro atoms. The van der Waals surface area contributed by atoms with Gasteiger partial charge in [-0.25, -0.2) is 0 Å². The molecule has 2 N–H and O–H groups in total. The van der Waals surface area contributed by atoms with Crippen molar-refractivity contribution in [2.45, 2.75) is 6.54 Å². The van der Waals surface area contributed by atoms with E-state index >= 15 is 0 Å². The molecule has 2 aromatic carbocycles. The van der Waals surface area contributed by atoms with Crippen molar-refractivity contribution in [2.24, 2.45) is 0 Å². The molecule has 0 aliphatic rings. The maximum absolute atomic E-state index is 9.81. The summed E-state index contributed by atoms with van der Waals surface area (Å²) in [4.78, 5) is 0. The van der Waals surface area contributed by atoms with Crippen molar-refractivity contribution in [1.82, 2.24) is 0 Å². The first-order valence-corrected chi connectivity index (χ1v) is 6.72. The molecule has 0 saturated heterocycles. The van der Waals surface area contributed by atoms with Crippen LogP contribution < -0.4 is 10.1 Å². The molecule has 2 rings (SSSR count). The second-order valence-corrected chi connectivity index (χ2v) is 5.01. The van der Waals surface area contributed by atoms with E-state index in [2.05, 4.69) is 27.3 Å². The molecule has 102 valence electrons. The fourth-order valence-electron chi connectivity index (χ4n) is 1.75. The summed E-state index contributed by atoms with van der Waals surface area (Å²) in [5, 5.41) is 21.8. The predicted molar refractivity (Wildman–Crippen MR) is 80.8 cm³/mol. The van der Waals surface area contributed by atoms with Gasteiger partial charge in [0.2, 0.25) is 0 Å². The summed E-state index contributed by atoms with van der Waals surface area (Å²) < 4.78 is 5.94. The van der Waals surface area contributed by atoms with Gasteiger partial charge in [0.1, 0.15) is 11.5 Å². The molecule has 0 radical (unpaired) electrons. The zero-order valence-electron chi connectivity index (χ0n) is 10.9. The molecule has 0 aliphatic carbocycles. The van der Waals surface area contributed by atoms with Gasteiger partial charge in [0.15, 0.2) is 0 Å². The summed E-state index contributed by atoms with van der Waals surface area (Å²) in [7, 11) is 1.58. The highest BCUT2D eigenvalue weighted by atomic mass is 79.9. The van der Waals surface area contributed by atoms with Crippen molar-refractivity contribution < 1.29 is 9.84 Å². The van der Waals surface area contributed by atoms with E-state index in [1.54, 1.807) is 37.4 Å². The number of aromatic hydroxyl groups is 1. The average Bonchev–Trinajstić information content (AvgIpc) is 2.47. The average molecular weight is 333 g/mol. The lowest BCUT2D eigenvalue weighted by Crippen LogP contribution is -2.01. The van der Waals surface area contributed by atoms with E-state index in [0.29, 0.717) is 17.9 Å². The van der Waals surface area contributed by atoms with Crippen molar-refractivity contribution in [1.29, 1.82) is 5.26 Å². The number of methoxy groups -OCH3 is 1. The second-order valence-electron chi connectivity index (χ2n) is 4.15. The second kappa shape index (κ2) is 6.31. The number of nitrogens with one attached hydrogen (secondary N) is 1. The number of benzene rings is 2. The number of rotatable bonds is 4. The molecule has 2 aromatic rings. The lowest BCUT2D eigenvalue weighted by molar-refractivity contribution is 0.411. The number of hydrogen-bond donors (Lipinski definition) is 2. The molecule has 0 atom stereocenters. The van der Waals surface area contributed by atoms with Gasteiger partial charge >= 0.3 is 0 Å². The Balaban J connectivity index is 2.15. The molecule has 5 heteroatoms. The summed E-state index contributed by atoms with van der Waals surface area (Å²) in [5.41, 5.74) is 2.18. The van der Waals surface area contributed by atoms with Gasteiger partial charge in [0.25, 0.3) is 0 Å². The van der Waals surface area contributed by atoms with E-state index in [0.717, 1.165) is 15.7 Å². The van der Waals surface area contributed by atoms with Gasteiger partial charge in [-0.05, 0) is 52.3 Å². The minimum atomic E-state index is 0.211. The van der Waals surface area contributed by atoms with Crippen LogP contribution in [0.25, 0.3) is 0 Å². The monoisotopic (exact) mass is 332 g/mol. The van der Waals surface area contributed by atoms with E-state index in [9.17, 15) is 5.11 Å². The number of phenolic OH excluding ortho intramolecular Hbond substituents is 1. The molecule has 0 heterocycles. The van der Waals surface area contributed by atoms with Gasteiger partial charge < -0.3 is 15.2 Å². The van der Waals surface area contributed by atoms with Crippen LogP contribution in [0.5, 0.6) is 11.5 Å². The maximum Gasteiger partial charge on any atom is 0.120 e. The number of hydrogen-bond acceptors (Lipinski definition) is 4. The first kappa shape index (κ1) is 14.2. The van der Waals surface area contributed by atoms with E-state index < -0.39 is 0 Å². The van der Waals surface area contributed by atoms with Crippen molar-refractivity contribution >= 4 is 21.6 Å². The number of anilines is 1. The zero-order chi connectivity index (χ0) is 14.5. The van der Waals surface area contributed by atoms with Crippen molar-refractivity contribution in [3.8, 4) is 17.6 Å². The fourth-order valence-corrected chi connectivity index (χ4v) is 2.27. The molecule has 0 unspecified atom stereocenters. The van der Waals surface area contributed by atoms with Gasteiger partial charge in [0, 0.05) is 22.3 Å². The normalized spacial score (nSPS) is 9.85. The Bertz CT molecular complexity index is 665. The van der Waals surface area contributed by atoms with Crippen LogP contribution in [-0.4, -0.2) is 12.2 Å². The maximum atomic E-state index is 9.81. The Hall–Kier alpha value is -2.19. The van der Waals surface area contributed by atoms with Crippen LogP contribution in [0, 0.1) is 11.3 Å². The van der Waals surface area contributed by atoms with E-state index in [4.69, 9.17) is 10.00 Å². The molecular weight excluding hydrogens is 320 g/mol. The zero-order valence-corrected chi connectivity index (χ0v) is 12.4. The third-order valence-electron chi connectivity index (χ3n) is 2.85.